The number of fused-ring (bicyclic) bond motifs is 2. The van der Waals surface area contributed by atoms with Crippen molar-refractivity contribution in [2.75, 3.05) is 4.90 Å². The minimum absolute atomic E-state index is 0.0275. The Balaban J connectivity index is 1.40. The topological polar surface area (TPSA) is 54.2 Å². The van der Waals surface area contributed by atoms with Crippen molar-refractivity contribution in [2.45, 2.75) is 85.5 Å². The zero-order valence-corrected chi connectivity index (χ0v) is 38.8. The van der Waals surface area contributed by atoms with Gasteiger partial charge in [0.2, 0.25) is 0 Å². The summed E-state index contributed by atoms with van der Waals surface area (Å²) < 4.78 is 2.24. The van der Waals surface area contributed by atoms with Crippen molar-refractivity contribution in [2.24, 2.45) is 0 Å². The molecule has 0 saturated carbocycles. The van der Waals surface area contributed by atoms with Crippen LogP contribution in [-0.4, -0.2) is 19.6 Å². The fourth-order valence-electron chi connectivity index (χ4n) is 8.76. The van der Waals surface area contributed by atoms with Gasteiger partial charge in [-0.15, -0.1) is 0 Å². The first-order valence-electron chi connectivity index (χ1n) is 22.4. The number of para-hydroxylation sites is 2. The third-order valence-corrected chi connectivity index (χ3v) is 12.5. The van der Waals surface area contributed by atoms with Crippen molar-refractivity contribution in [1.29, 1.82) is 0 Å². The summed E-state index contributed by atoms with van der Waals surface area (Å²) >= 11 is 0. The molecule has 5 heteroatoms. The monoisotopic (exact) mass is 838 g/mol. The molecule has 0 saturated heterocycles. The molecule has 0 spiro atoms. The highest BCUT2D eigenvalue weighted by Crippen LogP contribution is 2.45. The summed E-state index contributed by atoms with van der Waals surface area (Å²) in [6.45, 7) is 22.3. The highest BCUT2D eigenvalue weighted by atomic mass is 16.3. The Bertz CT molecular complexity index is 3120. The number of aryl methyl sites for hydroxylation is 1. The van der Waals surface area contributed by atoms with E-state index in [1.54, 1.807) is 0 Å². The van der Waals surface area contributed by atoms with E-state index in [1.165, 1.54) is 16.7 Å². The summed E-state index contributed by atoms with van der Waals surface area (Å²) in [6.07, 6.45) is 1.89. The van der Waals surface area contributed by atoms with E-state index in [2.05, 4.69) is 218 Å². The van der Waals surface area contributed by atoms with Crippen LogP contribution in [0.25, 0.3) is 61.3 Å². The summed E-state index contributed by atoms with van der Waals surface area (Å²) in [5, 5.41) is 12.9. The Kier molecular flexibility index (Phi) is 10.6. The minimum atomic E-state index is -0.153. The molecular weight excluding hydrogens is 781 g/mol. The van der Waals surface area contributed by atoms with E-state index in [-0.39, 0.29) is 22.0 Å². The Morgan fingerprint density at radius 1 is 0.484 bits per heavy atom. The summed E-state index contributed by atoms with van der Waals surface area (Å²) in [5.74, 6) is 0.857. The minimum Gasteiger partial charge on any atom is -0.507 e. The normalized spacial score (nSPS) is 12.3. The summed E-state index contributed by atoms with van der Waals surface area (Å²) in [7, 11) is 0. The fourth-order valence-corrected chi connectivity index (χ4v) is 8.76. The number of nitrogens with zero attached hydrogens (tertiary/aromatic N) is 4. The van der Waals surface area contributed by atoms with E-state index in [9.17, 15) is 5.11 Å². The lowest BCUT2D eigenvalue weighted by Gasteiger charge is -2.26. The molecule has 64 heavy (non-hydrogen) atoms. The number of rotatable bonds is 7. The molecule has 0 aliphatic carbocycles. The van der Waals surface area contributed by atoms with Crippen LogP contribution in [0.5, 0.6) is 5.75 Å². The number of benzene rings is 7. The molecule has 2 heterocycles. The number of aromatic nitrogens is 3. The maximum absolute atomic E-state index is 11.8. The molecule has 5 nitrogen and oxygen atoms in total. The van der Waals surface area contributed by atoms with Crippen molar-refractivity contribution < 1.29 is 5.11 Å². The Morgan fingerprint density at radius 3 is 1.72 bits per heavy atom. The number of anilines is 3. The standard InChI is InChI=1S/C59H58N4O/c1-38-23-24-39(33-48(38)50-35-43(59(8,9)10)32-40-18-17-31-60-54(40)50)49-36-47(62(44-19-13-11-14-20-44)45-21-15-12-16-22-45)37-52-55(49)61-56(51-34-42(58(5,6)7)27-30-53(51)64)63(52)46-28-25-41(26-29-46)57(2,3)4/h11-37,64H,1-10H3. The van der Waals surface area contributed by atoms with Crippen LogP contribution in [0, 0.1) is 6.92 Å². The van der Waals surface area contributed by atoms with E-state index < -0.39 is 0 Å². The van der Waals surface area contributed by atoms with Crippen LogP contribution < -0.4 is 4.90 Å². The van der Waals surface area contributed by atoms with Crippen molar-refractivity contribution in [3.63, 3.8) is 0 Å². The van der Waals surface area contributed by atoms with Gasteiger partial charge in [0.25, 0.3) is 0 Å². The first-order valence-corrected chi connectivity index (χ1v) is 22.4. The molecule has 0 atom stereocenters. The number of pyridine rings is 1. The summed E-state index contributed by atoms with van der Waals surface area (Å²) in [6, 6.07) is 56.0. The Hall–Kier alpha value is -6.98. The van der Waals surface area contributed by atoms with Gasteiger partial charge in [0.1, 0.15) is 11.6 Å². The van der Waals surface area contributed by atoms with Crippen LogP contribution in [0.2, 0.25) is 0 Å². The van der Waals surface area contributed by atoms with Crippen LogP contribution >= 0.6 is 0 Å². The number of hydrogen-bond donors (Lipinski definition) is 1. The Labute approximate surface area is 378 Å². The number of aromatic hydroxyl groups is 1. The van der Waals surface area contributed by atoms with Crippen molar-refractivity contribution in [3.05, 3.63) is 186 Å². The van der Waals surface area contributed by atoms with Gasteiger partial charge >= 0.3 is 0 Å². The molecule has 1 N–H and O–H groups in total. The number of phenolic OH excluding ortho intramolecular Hbond substituents is 1. The van der Waals surface area contributed by atoms with Gasteiger partial charge in [-0.3, -0.25) is 9.55 Å². The van der Waals surface area contributed by atoms with E-state index >= 15 is 0 Å². The van der Waals surface area contributed by atoms with Crippen LogP contribution in [0.15, 0.2) is 164 Å². The molecule has 0 radical (unpaired) electrons. The first-order chi connectivity index (χ1) is 30.5. The van der Waals surface area contributed by atoms with Gasteiger partial charge in [-0.05, 0) is 141 Å². The van der Waals surface area contributed by atoms with Gasteiger partial charge in [-0.25, -0.2) is 4.98 Å². The van der Waals surface area contributed by atoms with Crippen molar-refractivity contribution in [1.82, 2.24) is 14.5 Å². The molecule has 0 aliphatic rings. The average Bonchev–Trinajstić information content (AvgIpc) is 3.65. The Morgan fingerprint density at radius 2 is 1.09 bits per heavy atom. The molecule has 320 valence electrons. The first kappa shape index (κ1) is 42.3. The second-order valence-electron chi connectivity index (χ2n) is 20.3. The van der Waals surface area contributed by atoms with Gasteiger partial charge in [0.15, 0.2) is 0 Å². The second kappa shape index (κ2) is 16.0. The average molecular weight is 839 g/mol. The van der Waals surface area contributed by atoms with Crippen LogP contribution in [0.3, 0.4) is 0 Å². The molecule has 0 fully saturated rings. The number of imidazole rings is 1. The molecule has 0 aliphatic heterocycles. The van der Waals surface area contributed by atoms with Gasteiger partial charge in [0, 0.05) is 45.5 Å². The maximum atomic E-state index is 11.8. The van der Waals surface area contributed by atoms with Gasteiger partial charge in [-0.2, -0.15) is 0 Å². The molecule has 0 amide bonds. The molecule has 9 aromatic rings. The van der Waals surface area contributed by atoms with E-state index in [4.69, 9.17) is 9.97 Å². The molecule has 7 aromatic carbocycles. The largest absolute Gasteiger partial charge is 0.507 e. The van der Waals surface area contributed by atoms with Crippen LogP contribution in [-0.2, 0) is 16.2 Å². The zero-order valence-electron chi connectivity index (χ0n) is 38.8. The van der Waals surface area contributed by atoms with Gasteiger partial charge in [-0.1, -0.05) is 135 Å². The lowest BCUT2D eigenvalue weighted by molar-refractivity contribution is 0.475. The van der Waals surface area contributed by atoms with E-state index in [0.717, 1.165) is 72.5 Å². The number of phenols is 1. The predicted octanol–water partition coefficient (Wildman–Crippen LogP) is 16.0. The molecule has 9 rings (SSSR count). The smallest absolute Gasteiger partial charge is 0.149 e. The zero-order chi connectivity index (χ0) is 45.1. The summed E-state index contributed by atoms with van der Waals surface area (Å²) in [4.78, 5) is 12.9. The van der Waals surface area contributed by atoms with Gasteiger partial charge in [0.05, 0.1) is 22.1 Å². The highest BCUT2D eigenvalue weighted by molar-refractivity contribution is 6.02. The van der Waals surface area contributed by atoms with Crippen LogP contribution in [0.1, 0.15) is 84.6 Å². The van der Waals surface area contributed by atoms with E-state index in [0.29, 0.717) is 11.4 Å². The highest BCUT2D eigenvalue weighted by Gasteiger charge is 2.26. The third-order valence-electron chi connectivity index (χ3n) is 12.5. The lowest BCUT2D eigenvalue weighted by atomic mass is 9.83. The molecular formula is C59H58N4O. The van der Waals surface area contributed by atoms with Crippen molar-refractivity contribution >= 4 is 39.0 Å². The SMILES string of the molecule is Cc1ccc(-c2cc(N(c3ccccc3)c3ccccc3)cc3c2nc(-c2cc(C(C)(C)C)ccc2O)n3-c2ccc(C(C)(C)C)cc2)cc1-c1cc(C(C)(C)C)cc2cccnc12. The summed E-state index contributed by atoms with van der Waals surface area (Å²) in [5.41, 5.74) is 16.2. The van der Waals surface area contributed by atoms with Crippen molar-refractivity contribution in [3.8, 4) is 45.1 Å². The lowest BCUT2D eigenvalue weighted by Crippen LogP contribution is -2.12. The molecule has 0 bridgehead atoms. The quantitative estimate of drug-likeness (QED) is 0.174. The van der Waals surface area contributed by atoms with Crippen LogP contribution in [0.4, 0.5) is 17.1 Å². The maximum Gasteiger partial charge on any atom is 0.149 e. The predicted molar refractivity (Wildman–Crippen MR) is 270 cm³/mol. The second-order valence-corrected chi connectivity index (χ2v) is 20.3. The number of hydrogen-bond acceptors (Lipinski definition) is 4. The fraction of sp³-hybridized carbons (Fsp3) is 0.220. The van der Waals surface area contributed by atoms with E-state index in [1.807, 2.05) is 24.4 Å². The van der Waals surface area contributed by atoms with Gasteiger partial charge < -0.3 is 10.0 Å². The molecule has 2 aromatic heterocycles. The third kappa shape index (κ3) is 7.96. The molecule has 0 unspecified atom stereocenters.